The van der Waals surface area contributed by atoms with Gasteiger partial charge in [0.2, 0.25) is 0 Å². The maximum atomic E-state index is 6.19. The molecule has 0 radical (unpaired) electrons. The summed E-state index contributed by atoms with van der Waals surface area (Å²) in [7, 11) is 0. The highest BCUT2D eigenvalue weighted by Gasteiger charge is 2.13. The Bertz CT molecular complexity index is 1170. The van der Waals surface area contributed by atoms with Gasteiger partial charge in [-0.15, -0.1) is 0 Å². The van der Waals surface area contributed by atoms with Gasteiger partial charge in [0, 0.05) is 23.5 Å². The molecule has 24 heavy (non-hydrogen) atoms. The molecule has 7 heteroatoms. The number of imidazole rings is 2. The van der Waals surface area contributed by atoms with Crippen molar-refractivity contribution in [3.8, 4) is 17.2 Å². The van der Waals surface area contributed by atoms with Gasteiger partial charge in [-0.05, 0) is 24.3 Å². The Hall–Kier alpha value is -3.12. The fourth-order valence-electron chi connectivity index (χ4n) is 2.87. The van der Waals surface area contributed by atoms with Crippen LogP contribution in [0.1, 0.15) is 0 Å². The van der Waals surface area contributed by atoms with Crippen LogP contribution in [-0.4, -0.2) is 29.7 Å². The lowest BCUT2D eigenvalue weighted by Crippen LogP contribution is -1.88. The van der Waals surface area contributed by atoms with Crippen molar-refractivity contribution in [1.82, 2.24) is 29.7 Å². The van der Waals surface area contributed by atoms with Crippen LogP contribution in [0.5, 0.6) is 0 Å². The third-order valence-electron chi connectivity index (χ3n) is 4.04. The predicted molar refractivity (Wildman–Crippen MR) is 93.3 cm³/mol. The first-order valence-corrected chi connectivity index (χ1v) is 7.78. The molecule has 0 atom stereocenters. The number of para-hydroxylation sites is 1. The SMILES string of the molecule is Clc1cccc2c(-c3nc4ccc(-n5ccnc5)cc4[nH]3)[nH]nc12. The van der Waals surface area contributed by atoms with Gasteiger partial charge >= 0.3 is 0 Å². The van der Waals surface area contributed by atoms with Gasteiger partial charge < -0.3 is 9.55 Å². The molecule has 0 saturated heterocycles. The average Bonchev–Trinajstić information content (AvgIpc) is 3.32. The summed E-state index contributed by atoms with van der Waals surface area (Å²) in [4.78, 5) is 12.1. The van der Waals surface area contributed by atoms with E-state index in [9.17, 15) is 0 Å². The number of aromatic amines is 2. The van der Waals surface area contributed by atoms with Crippen LogP contribution in [0, 0.1) is 0 Å². The van der Waals surface area contributed by atoms with Gasteiger partial charge in [0.25, 0.3) is 0 Å². The van der Waals surface area contributed by atoms with Crippen LogP contribution in [0.3, 0.4) is 0 Å². The summed E-state index contributed by atoms with van der Waals surface area (Å²) in [5.41, 5.74) is 4.42. The molecule has 0 amide bonds. The number of nitrogens with one attached hydrogen (secondary N) is 2. The molecule has 3 aromatic heterocycles. The zero-order valence-electron chi connectivity index (χ0n) is 12.4. The first kappa shape index (κ1) is 13.3. The molecule has 2 aromatic carbocycles. The Kier molecular flexibility index (Phi) is 2.74. The van der Waals surface area contributed by atoms with E-state index >= 15 is 0 Å². The van der Waals surface area contributed by atoms with Crippen molar-refractivity contribution in [1.29, 1.82) is 0 Å². The molecule has 5 rings (SSSR count). The minimum Gasteiger partial charge on any atom is -0.337 e. The first-order chi connectivity index (χ1) is 11.8. The van der Waals surface area contributed by atoms with Crippen molar-refractivity contribution in [3.05, 3.63) is 60.1 Å². The molecule has 0 spiro atoms. The molecular weight excluding hydrogens is 324 g/mol. The normalized spacial score (nSPS) is 11.5. The fraction of sp³-hybridized carbons (Fsp3) is 0. The molecule has 0 aliphatic heterocycles. The van der Waals surface area contributed by atoms with Crippen molar-refractivity contribution in [3.63, 3.8) is 0 Å². The van der Waals surface area contributed by atoms with E-state index in [1.165, 1.54) is 0 Å². The zero-order valence-corrected chi connectivity index (χ0v) is 13.1. The quantitative estimate of drug-likeness (QED) is 0.513. The number of nitrogens with zero attached hydrogens (tertiary/aromatic N) is 4. The largest absolute Gasteiger partial charge is 0.337 e. The molecule has 5 aromatic rings. The number of H-pyrrole nitrogens is 2. The Morgan fingerprint density at radius 1 is 1.12 bits per heavy atom. The van der Waals surface area contributed by atoms with E-state index in [1.54, 1.807) is 12.5 Å². The van der Waals surface area contributed by atoms with Gasteiger partial charge in [-0.1, -0.05) is 23.7 Å². The molecule has 6 nitrogen and oxygen atoms in total. The minimum atomic E-state index is 0.619. The summed E-state index contributed by atoms with van der Waals surface area (Å²) < 4.78 is 1.95. The number of hydrogen-bond donors (Lipinski definition) is 2. The second-order valence-corrected chi connectivity index (χ2v) is 5.90. The third kappa shape index (κ3) is 1.93. The Labute approximate surface area is 141 Å². The van der Waals surface area contributed by atoms with E-state index in [-0.39, 0.29) is 0 Å². The van der Waals surface area contributed by atoms with Crippen LogP contribution in [0.25, 0.3) is 39.1 Å². The highest BCUT2D eigenvalue weighted by molar-refractivity contribution is 6.35. The van der Waals surface area contributed by atoms with Crippen LogP contribution < -0.4 is 0 Å². The maximum Gasteiger partial charge on any atom is 0.157 e. The summed E-state index contributed by atoms with van der Waals surface area (Å²) in [5.74, 6) is 0.734. The smallest absolute Gasteiger partial charge is 0.157 e. The van der Waals surface area contributed by atoms with E-state index in [2.05, 4.69) is 25.1 Å². The lowest BCUT2D eigenvalue weighted by Gasteiger charge is -2.00. The molecule has 0 bridgehead atoms. The van der Waals surface area contributed by atoms with Crippen molar-refractivity contribution in [2.45, 2.75) is 0 Å². The summed E-state index contributed by atoms with van der Waals surface area (Å²) in [6.07, 6.45) is 5.43. The monoisotopic (exact) mass is 334 g/mol. The minimum absolute atomic E-state index is 0.619. The Morgan fingerprint density at radius 3 is 2.96 bits per heavy atom. The van der Waals surface area contributed by atoms with E-state index in [1.807, 2.05) is 47.2 Å². The van der Waals surface area contributed by atoms with Crippen LogP contribution in [0.4, 0.5) is 0 Å². The molecule has 0 saturated carbocycles. The van der Waals surface area contributed by atoms with Crippen LogP contribution in [0.15, 0.2) is 55.1 Å². The number of benzene rings is 2. The summed E-state index contributed by atoms with van der Waals surface area (Å²) >= 11 is 6.19. The molecule has 116 valence electrons. The molecular formula is C17H11ClN6. The van der Waals surface area contributed by atoms with E-state index in [4.69, 9.17) is 11.6 Å². The molecule has 2 N–H and O–H groups in total. The molecule has 3 heterocycles. The van der Waals surface area contributed by atoms with Gasteiger partial charge in [0.05, 0.1) is 22.4 Å². The Morgan fingerprint density at radius 2 is 2.08 bits per heavy atom. The number of halogens is 1. The highest BCUT2D eigenvalue weighted by Crippen LogP contribution is 2.30. The van der Waals surface area contributed by atoms with E-state index < -0.39 is 0 Å². The second-order valence-electron chi connectivity index (χ2n) is 5.49. The van der Waals surface area contributed by atoms with Crippen molar-refractivity contribution < 1.29 is 0 Å². The topological polar surface area (TPSA) is 75.2 Å². The van der Waals surface area contributed by atoms with E-state index in [0.29, 0.717) is 5.02 Å². The lowest BCUT2D eigenvalue weighted by molar-refractivity contribution is 1.06. The Balaban J connectivity index is 1.68. The number of hydrogen-bond acceptors (Lipinski definition) is 3. The van der Waals surface area contributed by atoms with Crippen molar-refractivity contribution >= 4 is 33.5 Å². The van der Waals surface area contributed by atoms with E-state index in [0.717, 1.165) is 39.1 Å². The fourth-order valence-corrected chi connectivity index (χ4v) is 3.09. The molecule has 0 aliphatic carbocycles. The van der Waals surface area contributed by atoms with Gasteiger partial charge in [-0.25, -0.2) is 9.97 Å². The third-order valence-corrected chi connectivity index (χ3v) is 4.35. The van der Waals surface area contributed by atoms with Crippen molar-refractivity contribution in [2.75, 3.05) is 0 Å². The summed E-state index contributed by atoms with van der Waals surface area (Å²) in [6, 6.07) is 11.7. The maximum absolute atomic E-state index is 6.19. The molecule has 0 unspecified atom stereocenters. The van der Waals surface area contributed by atoms with Crippen LogP contribution >= 0.6 is 11.6 Å². The predicted octanol–water partition coefficient (Wildman–Crippen LogP) is 3.95. The highest BCUT2D eigenvalue weighted by atomic mass is 35.5. The first-order valence-electron chi connectivity index (χ1n) is 7.41. The van der Waals surface area contributed by atoms with Gasteiger partial charge in [0.15, 0.2) is 5.82 Å². The van der Waals surface area contributed by atoms with Gasteiger partial charge in [-0.3, -0.25) is 5.10 Å². The average molecular weight is 335 g/mol. The summed E-state index contributed by atoms with van der Waals surface area (Å²) in [5, 5.41) is 8.88. The van der Waals surface area contributed by atoms with Crippen molar-refractivity contribution in [2.24, 2.45) is 0 Å². The number of fused-ring (bicyclic) bond motifs is 2. The van der Waals surface area contributed by atoms with Gasteiger partial charge in [0.1, 0.15) is 11.2 Å². The lowest BCUT2D eigenvalue weighted by atomic mass is 10.2. The summed E-state index contributed by atoms with van der Waals surface area (Å²) in [6.45, 7) is 0. The zero-order chi connectivity index (χ0) is 16.1. The van der Waals surface area contributed by atoms with Gasteiger partial charge in [-0.2, -0.15) is 5.10 Å². The van der Waals surface area contributed by atoms with Crippen LogP contribution in [0.2, 0.25) is 5.02 Å². The van der Waals surface area contributed by atoms with Crippen LogP contribution in [-0.2, 0) is 0 Å². The number of aromatic nitrogens is 6. The second kappa shape index (κ2) is 4.94. The number of rotatable bonds is 2. The molecule has 0 aliphatic rings. The molecule has 0 fully saturated rings. The standard InChI is InChI=1S/C17H11ClN6/c18-12-3-1-2-11-15(12)22-23-16(11)17-20-13-5-4-10(8-14(13)21-17)24-7-6-19-9-24/h1-9H,(H,20,21)(H,22,23).